The maximum atomic E-state index is 13.0. The minimum Gasteiger partial charge on any atom is -0.323 e. The Balaban J connectivity index is 1.60. The van der Waals surface area contributed by atoms with Crippen molar-refractivity contribution in [2.24, 2.45) is 5.92 Å². The fourth-order valence-electron chi connectivity index (χ4n) is 4.29. The summed E-state index contributed by atoms with van der Waals surface area (Å²) in [5, 5.41) is 3.96. The number of hydrogen-bond acceptors (Lipinski definition) is 4. The third-order valence-corrected chi connectivity index (χ3v) is 7.21. The van der Waals surface area contributed by atoms with Gasteiger partial charge in [0.15, 0.2) is 5.78 Å². The first kappa shape index (κ1) is 17.2. The van der Waals surface area contributed by atoms with Gasteiger partial charge in [-0.15, -0.1) is 11.3 Å². The summed E-state index contributed by atoms with van der Waals surface area (Å²) in [5.74, 6) is -0.312. The summed E-state index contributed by atoms with van der Waals surface area (Å²) in [7, 11) is 0. The van der Waals surface area contributed by atoms with Crippen molar-refractivity contribution in [3.05, 3.63) is 34.7 Å². The Hall–Kier alpha value is -2.21. The number of rotatable bonds is 3. The van der Waals surface area contributed by atoms with Crippen LogP contribution in [0.25, 0.3) is 10.1 Å². The molecule has 1 saturated heterocycles. The van der Waals surface area contributed by atoms with E-state index in [-0.39, 0.29) is 24.2 Å². The highest BCUT2D eigenvalue weighted by Gasteiger charge is 2.55. The number of benzene rings is 1. The Morgan fingerprint density at radius 1 is 1.31 bits per heavy atom. The van der Waals surface area contributed by atoms with Gasteiger partial charge >= 0.3 is 6.03 Å². The summed E-state index contributed by atoms with van der Waals surface area (Å²) < 4.78 is 1.04. The molecule has 5 nitrogen and oxygen atoms in total. The molecule has 26 heavy (non-hydrogen) atoms. The number of Topliss-reactive ketones (excluding diaryl/α,β-unsaturated/α-hetero) is 1. The first-order valence-corrected chi connectivity index (χ1v) is 9.91. The van der Waals surface area contributed by atoms with E-state index in [0.717, 1.165) is 39.8 Å². The summed E-state index contributed by atoms with van der Waals surface area (Å²) in [5.41, 5.74) is 0.105. The molecular weight excluding hydrogens is 348 g/mol. The molecule has 6 heteroatoms. The lowest BCUT2D eigenvalue weighted by atomic mass is 9.73. The number of fused-ring (bicyclic) bond motifs is 1. The SMILES string of the molecule is Cc1c(C(=O)CN2C(=O)N[C@]3(CCCC[C@H]3C)C2=O)sc2ccccc12. The Labute approximate surface area is 156 Å². The number of thiophene rings is 1. The van der Waals surface area contributed by atoms with Gasteiger partial charge in [0.25, 0.3) is 5.91 Å². The van der Waals surface area contributed by atoms with Crippen molar-refractivity contribution in [1.82, 2.24) is 10.2 Å². The van der Waals surface area contributed by atoms with Gasteiger partial charge in [0.05, 0.1) is 11.4 Å². The first-order valence-electron chi connectivity index (χ1n) is 9.09. The highest BCUT2D eigenvalue weighted by molar-refractivity contribution is 7.21. The number of imide groups is 1. The number of amides is 3. The smallest absolute Gasteiger partial charge is 0.323 e. The van der Waals surface area contributed by atoms with Crippen LogP contribution in [0.4, 0.5) is 4.79 Å². The van der Waals surface area contributed by atoms with E-state index >= 15 is 0 Å². The molecule has 1 saturated carbocycles. The van der Waals surface area contributed by atoms with Crippen molar-refractivity contribution in [2.45, 2.75) is 45.1 Å². The lowest BCUT2D eigenvalue weighted by Crippen LogP contribution is -2.54. The quantitative estimate of drug-likeness (QED) is 0.658. The lowest BCUT2D eigenvalue weighted by Gasteiger charge is -2.36. The van der Waals surface area contributed by atoms with E-state index in [0.29, 0.717) is 11.3 Å². The minimum atomic E-state index is -0.815. The number of nitrogens with zero attached hydrogens (tertiary/aromatic N) is 1. The van der Waals surface area contributed by atoms with Gasteiger partial charge in [-0.3, -0.25) is 14.5 Å². The van der Waals surface area contributed by atoms with E-state index < -0.39 is 11.6 Å². The number of urea groups is 1. The van der Waals surface area contributed by atoms with E-state index in [2.05, 4.69) is 5.32 Å². The second-order valence-electron chi connectivity index (χ2n) is 7.42. The average molecular weight is 370 g/mol. The van der Waals surface area contributed by atoms with Gasteiger partial charge in [-0.1, -0.05) is 38.0 Å². The van der Waals surface area contributed by atoms with Crippen LogP contribution in [0.2, 0.25) is 0 Å². The van der Waals surface area contributed by atoms with E-state index in [9.17, 15) is 14.4 Å². The molecule has 1 aliphatic carbocycles. The van der Waals surface area contributed by atoms with E-state index in [1.165, 1.54) is 11.3 Å². The Morgan fingerprint density at radius 3 is 2.81 bits per heavy atom. The highest BCUT2D eigenvalue weighted by atomic mass is 32.1. The van der Waals surface area contributed by atoms with Crippen molar-refractivity contribution in [1.29, 1.82) is 0 Å². The predicted molar refractivity (Wildman–Crippen MR) is 102 cm³/mol. The molecule has 2 fully saturated rings. The Morgan fingerprint density at radius 2 is 2.08 bits per heavy atom. The molecule has 0 radical (unpaired) electrons. The molecule has 2 aliphatic rings. The van der Waals surface area contributed by atoms with Crippen LogP contribution in [-0.2, 0) is 4.79 Å². The number of hydrogen-bond donors (Lipinski definition) is 1. The molecule has 1 N–H and O–H groups in total. The maximum absolute atomic E-state index is 13.0. The zero-order valence-corrected chi connectivity index (χ0v) is 15.8. The van der Waals surface area contributed by atoms with Gasteiger partial charge in [0, 0.05) is 4.70 Å². The van der Waals surface area contributed by atoms with Gasteiger partial charge < -0.3 is 5.32 Å². The Kier molecular flexibility index (Phi) is 4.10. The highest BCUT2D eigenvalue weighted by Crippen LogP contribution is 2.38. The molecule has 3 amide bonds. The number of nitrogens with one attached hydrogen (secondary N) is 1. The zero-order chi connectivity index (χ0) is 18.5. The fourth-order valence-corrected chi connectivity index (χ4v) is 5.43. The molecule has 4 rings (SSSR count). The van der Waals surface area contributed by atoms with E-state index in [4.69, 9.17) is 0 Å². The normalized spacial score (nSPS) is 25.9. The Bertz CT molecular complexity index is 919. The minimum absolute atomic E-state index is 0.0962. The van der Waals surface area contributed by atoms with Crippen LogP contribution in [0, 0.1) is 12.8 Å². The number of aryl methyl sites for hydroxylation is 1. The van der Waals surface area contributed by atoms with Crippen LogP contribution < -0.4 is 5.32 Å². The van der Waals surface area contributed by atoms with Crippen LogP contribution in [-0.4, -0.2) is 34.7 Å². The van der Waals surface area contributed by atoms with Gasteiger partial charge in [0.1, 0.15) is 5.54 Å². The van der Waals surface area contributed by atoms with Gasteiger partial charge in [0.2, 0.25) is 0 Å². The second kappa shape index (κ2) is 6.20. The van der Waals surface area contributed by atoms with E-state index in [1.807, 2.05) is 38.1 Å². The molecule has 1 aliphatic heterocycles. The monoisotopic (exact) mass is 370 g/mol. The standard InChI is InChI=1S/C20H22N2O3S/c1-12-7-5-6-10-20(12)18(24)22(19(25)21-20)11-15(23)17-13(2)14-8-3-4-9-16(14)26-17/h3-4,8-9,12H,5-7,10-11H2,1-2H3,(H,21,25)/t12-,20+/m1/s1. The van der Waals surface area contributed by atoms with Crippen molar-refractivity contribution in [3.63, 3.8) is 0 Å². The third kappa shape index (κ3) is 2.47. The van der Waals surface area contributed by atoms with Crippen LogP contribution in [0.1, 0.15) is 47.8 Å². The molecule has 1 aromatic carbocycles. The number of carbonyl (C=O) groups excluding carboxylic acids is 3. The molecule has 1 spiro atoms. The summed E-state index contributed by atoms with van der Waals surface area (Å²) in [6, 6.07) is 7.43. The molecule has 0 unspecified atom stereocenters. The van der Waals surface area contributed by atoms with Gasteiger partial charge in [-0.05, 0) is 42.7 Å². The number of carbonyl (C=O) groups is 3. The molecule has 2 aromatic rings. The third-order valence-electron chi connectivity index (χ3n) is 5.90. The fraction of sp³-hybridized carbons (Fsp3) is 0.450. The molecule has 2 atom stereocenters. The predicted octanol–water partition coefficient (Wildman–Crippen LogP) is 3.89. The molecular formula is C20H22N2O3S. The summed E-state index contributed by atoms with van der Waals surface area (Å²) >= 11 is 1.43. The zero-order valence-electron chi connectivity index (χ0n) is 15.0. The maximum Gasteiger partial charge on any atom is 0.325 e. The van der Waals surface area contributed by atoms with Crippen molar-refractivity contribution < 1.29 is 14.4 Å². The topological polar surface area (TPSA) is 66.5 Å². The van der Waals surface area contributed by atoms with Gasteiger partial charge in [-0.2, -0.15) is 0 Å². The molecule has 2 heterocycles. The first-order chi connectivity index (χ1) is 12.4. The molecule has 0 bridgehead atoms. The van der Waals surface area contributed by atoms with Crippen LogP contribution in [0.5, 0.6) is 0 Å². The second-order valence-corrected chi connectivity index (χ2v) is 8.47. The van der Waals surface area contributed by atoms with Crippen molar-refractivity contribution in [2.75, 3.05) is 6.54 Å². The molecule has 136 valence electrons. The van der Waals surface area contributed by atoms with Crippen molar-refractivity contribution >= 4 is 39.1 Å². The average Bonchev–Trinajstić information content (AvgIpc) is 3.08. The molecule has 1 aromatic heterocycles. The summed E-state index contributed by atoms with van der Waals surface area (Å²) in [4.78, 5) is 40.1. The number of ketones is 1. The van der Waals surface area contributed by atoms with Crippen LogP contribution in [0.3, 0.4) is 0 Å². The van der Waals surface area contributed by atoms with Gasteiger partial charge in [-0.25, -0.2) is 4.79 Å². The summed E-state index contributed by atoms with van der Waals surface area (Å²) in [6.07, 6.45) is 3.58. The van der Waals surface area contributed by atoms with Crippen LogP contribution in [0.15, 0.2) is 24.3 Å². The van der Waals surface area contributed by atoms with Crippen molar-refractivity contribution in [3.8, 4) is 0 Å². The van der Waals surface area contributed by atoms with E-state index in [1.54, 1.807) is 0 Å². The van der Waals surface area contributed by atoms with Crippen LogP contribution >= 0.6 is 11.3 Å². The lowest BCUT2D eigenvalue weighted by molar-refractivity contribution is -0.133. The summed E-state index contributed by atoms with van der Waals surface area (Å²) in [6.45, 7) is 3.74. The largest absolute Gasteiger partial charge is 0.325 e.